The maximum absolute atomic E-state index is 12.0. The van der Waals surface area contributed by atoms with E-state index in [4.69, 9.17) is 10.2 Å². The summed E-state index contributed by atoms with van der Waals surface area (Å²) in [6.45, 7) is 0. The first-order valence-electron chi connectivity index (χ1n) is 7.54. The van der Waals surface area contributed by atoms with E-state index in [1.807, 2.05) is 0 Å². The fourth-order valence-corrected chi connectivity index (χ4v) is 1.95. The van der Waals surface area contributed by atoms with Crippen LogP contribution in [0.2, 0.25) is 0 Å². The van der Waals surface area contributed by atoms with E-state index in [1.54, 1.807) is 0 Å². The van der Waals surface area contributed by atoms with Crippen LogP contribution in [0.5, 0.6) is 11.5 Å². The Bertz CT molecular complexity index is 772. The van der Waals surface area contributed by atoms with Crippen molar-refractivity contribution >= 4 is 10.8 Å². The Morgan fingerprint density at radius 2 is 1.08 bits per heavy atom. The minimum atomic E-state index is -0.331. The second-order valence-electron chi connectivity index (χ2n) is 5.11. The van der Waals surface area contributed by atoms with Gasteiger partial charge in [-0.25, -0.2) is 8.78 Å². The molecule has 132 valence electrons. The molecule has 0 atom stereocenters. The van der Waals surface area contributed by atoms with Crippen LogP contribution in [-0.2, 0) is 26.2 Å². The number of phenolic OH excluding ortho intramolecular Hbond substituents is 2. The van der Waals surface area contributed by atoms with Crippen molar-refractivity contribution in [3.05, 3.63) is 103 Å². The van der Waals surface area contributed by atoms with Gasteiger partial charge < -0.3 is 10.2 Å². The standard InChI is InChI=1S/C9H7.2C6H5FO.Zr/c1-2-5-9-7-3-6-8(9)4-1;2*7-5-1-3-6(8)4-2-5;/h1-7H;2*1-4,8H;/q-1;;;. The predicted molar refractivity (Wildman–Crippen MR) is 95.7 cm³/mol. The third-order valence-corrected chi connectivity index (χ3v) is 3.20. The van der Waals surface area contributed by atoms with Crippen molar-refractivity contribution in [3.8, 4) is 11.5 Å². The summed E-state index contributed by atoms with van der Waals surface area (Å²) in [7, 11) is 0. The van der Waals surface area contributed by atoms with Gasteiger partial charge >= 0.3 is 0 Å². The smallest absolute Gasteiger partial charge is 0.123 e. The minimum Gasteiger partial charge on any atom is -0.508 e. The molecule has 0 bridgehead atoms. The van der Waals surface area contributed by atoms with E-state index in [2.05, 4.69) is 42.5 Å². The summed E-state index contributed by atoms with van der Waals surface area (Å²) < 4.78 is 24.0. The number of rotatable bonds is 0. The Hall–Kier alpha value is -2.39. The molecule has 0 saturated heterocycles. The first kappa shape index (κ1) is 21.7. The molecule has 0 radical (unpaired) electrons. The van der Waals surface area contributed by atoms with Crippen molar-refractivity contribution in [2.75, 3.05) is 0 Å². The van der Waals surface area contributed by atoms with Crippen LogP contribution < -0.4 is 0 Å². The topological polar surface area (TPSA) is 40.5 Å². The molecule has 0 fully saturated rings. The average Bonchev–Trinajstić information content (AvgIpc) is 3.10. The molecule has 0 aliphatic carbocycles. The van der Waals surface area contributed by atoms with E-state index >= 15 is 0 Å². The Kier molecular flexibility index (Phi) is 9.39. The Morgan fingerprint density at radius 3 is 1.50 bits per heavy atom. The second kappa shape index (κ2) is 11.3. The molecule has 0 amide bonds. The first-order valence-corrected chi connectivity index (χ1v) is 7.54. The third kappa shape index (κ3) is 7.67. The van der Waals surface area contributed by atoms with Gasteiger partial charge in [-0.05, 0) is 48.5 Å². The molecule has 5 heteroatoms. The molecular formula is C21H17F2O2Zr-. The SMILES string of the molecule is Oc1ccc(F)cc1.Oc1ccc(F)cc1.[Zr].c1ccc2[cH-]ccc2c1. The number of hydrogen-bond acceptors (Lipinski definition) is 2. The third-order valence-electron chi connectivity index (χ3n) is 3.20. The molecule has 2 nitrogen and oxygen atoms in total. The number of aromatic hydroxyl groups is 2. The molecule has 0 aliphatic rings. The summed E-state index contributed by atoms with van der Waals surface area (Å²) in [5.74, 6) is -0.483. The molecule has 4 rings (SSSR count). The number of benzene rings is 3. The van der Waals surface area contributed by atoms with Crippen molar-refractivity contribution in [1.82, 2.24) is 0 Å². The van der Waals surface area contributed by atoms with Crippen LogP contribution in [0, 0.1) is 11.6 Å². The van der Waals surface area contributed by atoms with Crippen molar-refractivity contribution < 1.29 is 45.2 Å². The van der Waals surface area contributed by atoms with Gasteiger partial charge in [0.05, 0.1) is 0 Å². The maximum Gasteiger partial charge on any atom is 0.123 e. The van der Waals surface area contributed by atoms with Crippen LogP contribution in [-0.4, -0.2) is 10.2 Å². The van der Waals surface area contributed by atoms with E-state index in [-0.39, 0.29) is 49.3 Å². The second-order valence-corrected chi connectivity index (χ2v) is 5.11. The summed E-state index contributed by atoms with van der Waals surface area (Å²) >= 11 is 0. The molecule has 0 aromatic heterocycles. The monoisotopic (exact) mass is 429 g/mol. The Labute approximate surface area is 169 Å². The summed E-state index contributed by atoms with van der Waals surface area (Å²) in [4.78, 5) is 0. The van der Waals surface area contributed by atoms with E-state index in [0.717, 1.165) is 0 Å². The quantitative estimate of drug-likeness (QED) is 0.356. The molecule has 0 unspecified atom stereocenters. The summed E-state index contributed by atoms with van der Waals surface area (Å²) in [6, 6.07) is 24.7. The Morgan fingerprint density at radius 1 is 0.615 bits per heavy atom. The molecule has 26 heavy (non-hydrogen) atoms. The number of phenols is 2. The van der Waals surface area contributed by atoms with Gasteiger partial charge in [-0.15, -0.1) is 29.7 Å². The van der Waals surface area contributed by atoms with Gasteiger partial charge in [0.25, 0.3) is 0 Å². The minimum absolute atomic E-state index is 0. The molecule has 4 aromatic rings. The summed E-state index contributed by atoms with van der Waals surface area (Å²) in [5, 5.41) is 19.8. The summed E-state index contributed by atoms with van der Waals surface area (Å²) in [5.41, 5.74) is 0. The maximum atomic E-state index is 12.0. The van der Waals surface area contributed by atoms with E-state index in [9.17, 15) is 8.78 Å². The molecule has 0 saturated carbocycles. The molecular weight excluding hydrogens is 413 g/mol. The van der Waals surface area contributed by atoms with Gasteiger partial charge in [0.15, 0.2) is 0 Å². The van der Waals surface area contributed by atoms with Gasteiger partial charge in [0, 0.05) is 26.2 Å². The number of fused-ring (bicyclic) bond motifs is 1. The van der Waals surface area contributed by atoms with Crippen LogP contribution >= 0.6 is 0 Å². The van der Waals surface area contributed by atoms with Crippen molar-refractivity contribution in [2.45, 2.75) is 0 Å². The van der Waals surface area contributed by atoms with E-state index in [0.29, 0.717) is 0 Å². The zero-order valence-corrected chi connectivity index (χ0v) is 16.3. The molecule has 0 aliphatic heterocycles. The van der Waals surface area contributed by atoms with Gasteiger partial charge in [-0.1, -0.05) is 6.07 Å². The van der Waals surface area contributed by atoms with E-state index < -0.39 is 0 Å². The molecule has 0 heterocycles. The van der Waals surface area contributed by atoms with Crippen molar-refractivity contribution in [2.24, 2.45) is 0 Å². The van der Waals surface area contributed by atoms with Crippen LogP contribution in [0.15, 0.2) is 91.0 Å². The van der Waals surface area contributed by atoms with Gasteiger partial charge in [-0.3, -0.25) is 0 Å². The normalized spacial score (nSPS) is 9.15. The predicted octanol–water partition coefficient (Wildman–Crippen LogP) is 5.62. The average molecular weight is 431 g/mol. The number of halogens is 2. The zero-order valence-electron chi connectivity index (χ0n) is 13.8. The first-order chi connectivity index (χ1) is 12.0. The fraction of sp³-hybridized carbons (Fsp3) is 0. The zero-order chi connectivity index (χ0) is 18.1. The van der Waals surface area contributed by atoms with Gasteiger partial charge in [0.1, 0.15) is 23.1 Å². The largest absolute Gasteiger partial charge is 0.508 e. The van der Waals surface area contributed by atoms with Crippen LogP contribution in [0.3, 0.4) is 0 Å². The van der Waals surface area contributed by atoms with Crippen molar-refractivity contribution in [3.63, 3.8) is 0 Å². The van der Waals surface area contributed by atoms with E-state index in [1.165, 1.54) is 59.3 Å². The van der Waals surface area contributed by atoms with Crippen LogP contribution in [0.25, 0.3) is 10.8 Å². The van der Waals surface area contributed by atoms with Gasteiger partial charge in [0.2, 0.25) is 0 Å². The fourth-order valence-electron chi connectivity index (χ4n) is 1.95. The Balaban J connectivity index is 0.000000192. The van der Waals surface area contributed by atoms with Crippen LogP contribution in [0.1, 0.15) is 0 Å². The number of hydrogen-bond donors (Lipinski definition) is 2. The van der Waals surface area contributed by atoms with Crippen molar-refractivity contribution in [1.29, 1.82) is 0 Å². The van der Waals surface area contributed by atoms with Gasteiger partial charge in [-0.2, -0.15) is 17.5 Å². The molecule has 0 spiro atoms. The molecule has 2 N–H and O–H groups in total. The summed E-state index contributed by atoms with van der Waals surface area (Å²) in [6.07, 6.45) is 0. The van der Waals surface area contributed by atoms with Crippen LogP contribution in [0.4, 0.5) is 8.78 Å². The molecule has 4 aromatic carbocycles.